The Labute approximate surface area is 183 Å². The minimum Gasteiger partial charge on any atom is -0.496 e. The van der Waals surface area contributed by atoms with Gasteiger partial charge in [-0.15, -0.1) is 0 Å². The molecule has 0 bridgehead atoms. The average molecular weight is 423 g/mol. The van der Waals surface area contributed by atoms with E-state index in [4.69, 9.17) is 14.2 Å². The summed E-state index contributed by atoms with van der Waals surface area (Å²) in [6.07, 6.45) is 2.49. The van der Waals surface area contributed by atoms with E-state index >= 15 is 0 Å². The van der Waals surface area contributed by atoms with Gasteiger partial charge in [-0.25, -0.2) is 0 Å². The zero-order valence-corrected chi connectivity index (χ0v) is 18.1. The summed E-state index contributed by atoms with van der Waals surface area (Å²) in [6.45, 7) is 5.39. The van der Waals surface area contributed by atoms with Crippen molar-refractivity contribution < 1.29 is 19.0 Å². The van der Waals surface area contributed by atoms with Crippen molar-refractivity contribution in [1.82, 2.24) is 4.90 Å². The maximum Gasteiger partial charge on any atom is 0.253 e. The van der Waals surface area contributed by atoms with Crippen LogP contribution in [0.3, 0.4) is 0 Å². The lowest BCUT2D eigenvalue weighted by Crippen LogP contribution is -2.48. The molecule has 6 heteroatoms. The zero-order valence-electron chi connectivity index (χ0n) is 18.1. The van der Waals surface area contributed by atoms with Gasteiger partial charge in [0.2, 0.25) is 0 Å². The largest absolute Gasteiger partial charge is 0.496 e. The Kier molecular flexibility index (Phi) is 5.59. The second-order valence-electron chi connectivity index (χ2n) is 8.53. The lowest BCUT2D eigenvalue weighted by molar-refractivity contribution is -0.0946. The van der Waals surface area contributed by atoms with E-state index in [-0.39, 0.29) is 11.5 Å². The molecule has 0 aromatic heterocycles. The highest BCUT2D eigenvalue weighted by Crippen LogP contribution is 2.45. The first-order valence-electron chi connectivity index (χ1n) is 11.2. The van der Waals surface area contributed by atoms with Gasteiger partial charge < -0.3 is 24.0 Å². The fraction of sp³-hybridized carbons (Fsp3) is 0.480. The number of nitrogens with zero attached hydrogens (tertiary/aromatic N) is 2. The fourth-order valence-corrected chi connectivity index (χ4v) is 5.18. The van der Waals surface area contributed by atoms with Crippen LogP contribution in [0.4, 0.5) is 5.69 Å². The fourth-order valence-electron chi connectivity index (χ4n) is 5.18. The molecule has 1 spiro atoms. The lowest BCUT2D eigenvalue weighted by atomic mass is 9.78. The first kappa shape index (κ1) is 20.3. The van der Waals surface area contributed by atoms with Gasteiger partial charge in [0.05, 0.1) is 26.9 Å². The third-order valence-corrected chi connectivity index (χ3v) is 6.89. The molecule has 6 nitrogen and oxygen atoms in total. The van der Waals surface area contributed by atoms with E-state index in [0.29, 0.717) is 13.1 Å². The Bertz CT molecular complexity index is 915. The zero-order chi connectivity index (χ0) is 21.3. The maximum absolute atomic E-state index is 13.2. The topological polar surface area (TPSA) is 51.2 Å². The molecule has 3 aliphatic heterocycles. The molecule has 0 radical (unpaired) electrons. The van der Waals surface area contributed by atoms with Gasteiger partial charge in [0.15, 0.2) is 0 Å². The number of hydrogen-bond donors (Lipinski definition) is 0. The van der Waals surface area contributed by atoms with Crippen LogP contribution in [0.2, 0.25) is 0 Å². The molecular formula is C25H30N2O4. The molecule has 0 atom stereocenters. The highest BCUT2D eigenvalue weighted by Gasteiger charge is 2.43. The lowest BCUT2D eigenvalue weighted by Gasteiger charge is -2.45. The SMILES string of the molecule is COc1cccc2c1C1(CCN(C(=O)c3ccc(N4CCOCC4)cc3)CC1)OCC2. The van der Waals surface area contributed by atoms with E-state index in [1.807, 2.05) is 23.1 Å². The summed E-state index contributed by atoms with van der Waals surface area (Å²) in [4.78, 5) is 17.4. The number of fused-ring (bicyclic) bond motifs is 2. The number of piperidine rings is 1. The van der Waals surface area contributed by atoms with E-state index in [2.05, 4.69) is 29.2 Å². The van der Waals surface area contributed by atoms with Crippen molar-refractivity contribution >= 4 is 11.6 Å². The molecule has 2 fully saturated rings. The maximum atomic E-state index is 13.2. The van der Waals surface area contributed by atoms with Crippen LogP contribution in [0, 0.1) is 0 Å². The monoisotopic (exact) mass is 422 g/mol. The molecule has 2 saturated heterocycles. The van der Waals surface area contributed by atoms with Gasteiger partial charge in [-0.3, -0.25) is 4.79 Å². The predicted molar refractivity (Wildman–Crippen MR) is 119 cm³/mol. The molecule has 0 saturated carbocycles. The molecule has 0 N–H and O–H groups in total. The standard InChI is InChI=1S/C25H30N2O4/c1-29-22-4-2-3-19-9-16-31-25(23(19)22)10-12-27(13-11-25)24(28)20-5-7-21(8-6-20)26-14-17-30-18-15-26/h2-8H,9-18H2,1H3. The van der Waals surface area contributed by atoms with Crippen molar-refractivity contribution in [2.24, 2.45) is 0 Å². The smallest absolute Gasteiger partial charge is 0.253 e. The number of likely N-dealkylation sites (tertiary alicyclic amines) is 1. The van der Waals surface area contributed by atoms with E-state index in [1.165, 1.54) is 11.1 Å². The molecule has 2 aromatic carbocycles. The number of anilines is 1. The third kappa shape index (κ3) is 3.79. The highest BCUT2D eigenvalue weighted by molar-refractivity contribution is 5.94. The minimum atomic E-state index is -0.350. The summed E-state index contributed by atoms with van der Waals surface area (Å²) in [5, 5.41) is 0. The number of hydrogen-bond acceptors (Lipinski definition) is 5. The van der Waals surface area contributed by atoms with Crippen molar-refractivity contribution in [1.29, 1.82) is 0 Å². The molecule has 3 aliphatic rings. The van der Waals surface area contributed by atoms with Crippen molar-refractivity contribution in [3.8, 4) is 5.75 Å². The Morgan fingerprint density at radius 3 is 2.42 bits per heavy atom. The Balaban J connectivity index is 1.29. The summed E-state index contributed by atoms with van der Waals surface area (Å²) in [5.41, 5.74) is 4.04. The summed E-state index contributed by atoms with van der Waals surface area (Å²) < 4.78 is 17.5. The van der Waals surface area contributed by atoms with Crippen LogP contribution in [0.5, 0.6) is 5.75 Å². The average Bonchev–Trinajstić information content (AvgIpc) is 2.84. The Morgan fingerprint density at radius 1 is 0.968 bits per heavy atom. The Hall–Kier alpha value is -2.57. The van der Waals surface area contributed by atoms with Crippen molar-refractivity contribution in [2.45, 2.75) is 24.9 Å². The molecule has 31 heavy (non-hydrogen) atoms. The van der Waals surface area contributed by atoms with Gasteiger partial charge in [0.1, 0.15) is 11.4 Å². The van der Waals surface area contributed by atoms with Gasteiger partial charge in [-0.05, 0) is 55.2 Å². The summed E-state index contributed by atoms with van der Waals surface area (Å²) in [5.74, 6) is 0.995. The second kappa shape index (κ2) is 8.52. The van der Waals surface area contributed by atoms with Crippen molar-refractivity contribution in [3.05, 3.63) is 59.2 Å². The number of rotatable bonds is 3. The number of morpholine rings is 1. The molecule has 5 rings (SSSR count). The molecule has 1 amide bonds. The number of carbonyl (C=O) groups is 1. The van der Waals surface area contributed by atoms with E-state index in [1.54, 1.807) is 7.11 Å². The van der Waals surface area contributed by atoms with Crippen LogP contribution < -0.4 is 9.64 Å². The van der Waals surface area contributed by atoms with Crippen molar-refractivity contribution in [2.75, 3.05) is 58.0 Å². The molecule has 0 aliphatic carbocycles. The molecule has 2 aromatic rings. The van der Waals surface area contributed by atoms with Gasteiger partial charge in [0, 0.05) is 43.0 Å². The molecule has 164 valence electrons. The van der Waals surface area contributed by atoms with E-state index < -0.39 is 0 Å². The van der Waals surface area contributed by atoms with Crippen molar-refractivity contribution in [3.63, 3.8) is 0 Å². The van der Waals surface area contributed by atoms with Gasteiger partial charge in [-0.2, -0.15) is 0 Å². The minimum absolute atomic E-state index is 0.0967. The number of carbonyl (C=O) groups excluding carboxylic acids is 1. The van der Waals surface area contributed by atoms with Crippen LogP contribution in [-0.4, -0.2) is 63.9 Å². The van der Waals surface area contributed by atoms with Gasteiger partial charge >= 0.3 is 0 Å². The number of amides is 1. The van der Waals surface area contributed by atoms with Crippen LogP contribution in [0.25, 0.3) is 0 Å². The summed E-state index contributed by atoms with van der Waals surface area (Å²) >= 11 is 0. The molecule has 3 heterocycles. The summed E-state index contributed by atoms with van der Waals surface area (Å²) in [6, 6.07) is 14.2. The Morgan fingerprint density at radius 2 is 1.71 bits per heavy atom. The third-order valence-electron chi connectivity index (χ3n) is 6.89. The highest BCUT2D eigenvalue weighted by atomic mass is 16.5. The second-order valence-corrected chi connectivity index (χ2v) is 8.53. The predicted octanol–water partition coefficient (Wildman–Crippen LogP) is 3.24. The van der Waals surface area contributed by atoms with Crippen LogP contribution >= 0.6 is 0 Å². The molecular weight excluding hydrogens is 392 g/mol. The van der Waals surface area contributed by atoms with Gasteiger partial charge in [0.25, 0.3) is 5.91 Å². The van der Waals surface area contributed by atoms with E-state index in [0.717, 1.165) is 69.2 Å². The number of benzene rings is 2. The number of ether oxygens (including phenoxy) is 3. The summed E-state index contributed by atoms with van der Waals surface area (Å²) in [7, 11) is 1.72. The number of methoxy groups -OCH3 is 1. The van der Waals surface area contributed by atoms with Crippen LogP contribution in [-0.2, 0) is 21.5 Å². The van der Waals surface area contributed by atoms with Gasteiger partial charge in [-0.1, -0.05) is 12.1 Å². The normalized spacial score (nSPS) is 20.4. The first-order chi connectivity index (χ1) is 15.2. The van der Waals surface area contributed by atoms with Crippen LogP contribution in [0.15, 0.2) is 42.5 Å². The quantitative estimate of drug-likeness (QED) is 0.760. The first-order valence-corrected chi connectivity index (χ1v) is 11.2. The van der Waals surface area contributed by atoms with E-state index in [9.17, 15) is 4.79 Å². The van der Waals surface area contributed by atoms with Crippen LogP contribution in [0.1, 0.15) is 34.3 Å². The molecule has 0 unspecified atom stereocenters.